The molecule has 0 spiro atoms. The van der Waals surface area contributed by atoms with Gasteiger partial charge < -0.3 is 28.8 Å². The third-order valence-corrected chi connectivity index (χ3v) is 8.24. The zero-order valence-corrected chi connectivity index (χ0v) is 29.7. The quantitative estimate of drug-likeness (QED) is 0.0789. The molecule has 0 unspecified atom stereocenters. The molecule has 0 aromatic carbocycles. The number of aliphatic carboxylic acids is 2. The van der Waals surface area contributed by atoms with Crippen molar-refractivity contribution in [3.8, 4) is 0 Å². The Balaban J connectivity index is -0.000000579. The van der Waals surface area contributed by atoms with Crippen molar-refractivity contribution in [2.24, 2.45) is 0 Å². The van der Waals surface area contributed by atoms with Gasteiger partial charge in [-0.1, -0.05) is 107 Å². The first-order chi connectivity index (χ1) is 20.1. The zero-order chi connectivity index (χ0) is 32.5. The second-order valence-corrected chi connectivity index (χ2v) is 12.3. The van der Waals surface area contributed by atoms with Gasteiger partial charge in [-0.25, -0.2) is 0 Å². The largest absolute Gasteiger partial charge is 0.545 e. The van der Waals surface area contributed by atoms with E-state index in [0.717, 1.165) is 0 Å². The number of hydrogen-bond acceptors (Lipinski definition) is 4. The lowest BCUT2D eigenvalue weighted by atomic mass is 10.1. The van der Waals surface area contributed by atoms with Gasteiger partial charge in [0.15, 0.2) is 0 Å². The number of carboxylic acid groups (broad SMARTS) is 2. The second-order valence-electron chi connectivity index (χ2n) is 12.3. The molecule has 0 aromatic rings. The summed E-state index contributed by atoms with van der Waals surface area (Å²) in [5.74, 6) is -3.09. The van der Waals surface area contributed by atoms with Gasteiger partial charge in [0.05, 0.1) is 64.3 Å². The predicted molar refractivity (Wildman–Crippen MR) is 178 cm³/mol. The van der Waals surface area contributed by atoms with Crippen LogP contribution in [0.5, 0.6) is 0 Å². The van der Waals surface area contributed by atoms with E-state index in [9.17, 15) is 19.8 Å². The Hall–Kier alpha value is -1.40. The number of nitrogens with zero attached hydrogens (tertiary/aromatic N) is 2. The van der Waals surface area contributed by atoms with E-state index in [2.05, 4.69) is 55.4 Å². The SMILES string of the molecule is CCCC[N+](CCCC)(CCCC)CCCC.CCCC[N+](CCCC)(CCCC)CCCC.O=C([O-])/C=C/C(=O)[O-]. The molecule has 0 heterocycles. The lowest BCUT2D eigenvalue weighted by Gasteiger charge is -2.39. The van der Waals surface area contributed by atoms with Crippen molar-refractivity contribution in [2.75, 3.05) is 52.4 Å². The molecule has 6 heteroatoms. The molecule has 0 bridgehead atoms. The van der Waals surface area contributed by atoms with Crippen molar-refractivity contribution in [1.29, 1.82) is 0 Å². The first-order valence-corrected chi connectivity index (χ1v) is 17.9. The van der Waals surface area contributed by atoms with Crippen molar-refractivity contribution in [3.63, 3.8) is 0 Å². The molecule has 0 amide bonds. The minimum atomic E-state index is -1.55. The smallest absolute Gasteiger partial charge is 0.0786 e. The third-order valence-electron chi connectivity index (χ3n) is 8.24. The second kappa shape index (κ2) is 32.5. The number of carbonyl (C=O) groups is 2. The Bertz CT molecular complexity index is 495. The normalized spacial score (nSPS) is 11.5. The summed E-state index contributed by atoms with van der Waals surface area (Å²) in [4.78, 5) is 18.8. The molecule has 0 aliphatic heterocycles. The van der Waals surface area contributed by atoms with Gasteiger partial charge in [0.25, 0.3) is 0 Å². The minimum absolute atomic E-state index is 0.384. The fourth-order valence-corrected chi connectivity index (χ4v) is 5.43. The molecule has 0 N–H and O–H groups in total. The van der Waals surface area contributed by atoms with E-state index in [4.69, 9.17) is 0 Å². The standard InChI is InChI=1S/2C16H36N.C4H4O4/c2*1-5-9-13-17(14-10-6-2,15-11-7-3)16-12-8-4;5-3(6)1-2-4(7)8/h2*5-16H2,1-4H3;1-2H,(H,5,6)(H,7,8)/q2*+1;/p-2/b;;2-1+. The average Bonchev–Trinajstić information content (AvgIpc) is 2.99. The van der Waals surface area contributed by atoms with E-state index in [0.29, 0.717) is 12.2 Å². The van der Waals surface area contributed by atoms with Crippen LogP contribution in [0.15, 0.2) is 12.2 Å². The maximum Gasteiger partial charge on any atom is 0.0786 e. The molecule has 0 saturated heterocycles. The maximum atomic E-state index is 9.41. The summed E-state index contributed by atoms with van der Waals surface area (Å²) >= 11 is 0. The van der Waals surface area contributed by atoms with Crippen LogP contribution in [0.4, 0.5) is 0 Å². The Morgan fingerprint density at radius 1 is 0.381 bits per heavy atom. The molecule has 0 radical (unpaired) electrons. The van der Waals surface area contributed by atoms with E-state index >= 15 is 0 Å². The van der Waals surface area contributed by atoms with Gasteiger partial charge in [-0.3, -0.25) is 0 Å². The van der Waals surface area contributed by atoms with Gasteiger partial charge in [0.1, 0.15) is 0 Å². The summed E-state index contributed by atoms with van der Waals surface area (Å²) in [5.41, 5.74) is 0. The van der Waals surface area contributed by atoms with Gasteiger partial charge in [0.2, 0.25) is 0 Å². The highest BCUT2D eigenvalue weighted by atomic mass is 16.4. The van der Waals surface area contributed by atoms with Crippen LogP contribution < -0.4 is 10.2 Å². The molecule has 252 valence electrons. The molecular weight excluding hydrogens is 524 g/mol. The summed E-state index contributed by atoms with van der Waals surface area (Å²) in [6.45, 7) is 30.0. The van der Waals surface area contributed by atoms with E-state index in [1.807, 2.05) is 0 Å². The topological polar surface area (TPSA) is 80.3 Å². The first-order valence-electron chi connectivity index (χ1n) is 17.9. The predicted octanol–water partition coefficient (Wildman–Crippen LogP) is 7.05. The van der Waals surface area contributed by atoms with Gasteiger partial charge in [-0.2, -0.15) is 0 Å². The first kappa shape index (κ1) is 45.0. The Labute approximate surface area is 263 Å². The fourth-order valence-electron chi connectivity index (χ4n) is 5.43. The van der Waals surface area contributed by atoms with Crippen LogP contribution in [0.1, 0.15) is 158 Å². The Morgan fingerprint density at radius 2 is 0.524 bits per heavy atom. The molecule has 0 saturated carbocycles. The molecule has 42 heavy (non-hydrogen) atoms. The molecule has 0 rings (SSSR count). The number of quaternary nitrogens is 2. The van der Waals surface area contributed by atoms with E-state index in [1.165, 1.54) is 164 Å². The summed E-state index contributed by atoms with van der Waals surface area (Å²) in [7, 11) is 0. The number of carbonyl (C=O) groups excluding carboxylic acids is 2. The van der Waals surface area contributed by atoms with E-state index in [-0.39, 0.29) is 0 Å². The van der Waals surface area contributed by atoms with Crippen LogP contribution in [0.2, 0.25) is 0 Å². The van der Waals surface area contributed by atoms with Crippen LogP contribution in [0.25, 0.3) is 0 Å². The molecule has 0 atom stereocenters. The molecular formula is C36H74N2O4. The van der Waals surface area contributed by atoms with Crippen LogP contribution >= 0.6 is 0 Å². The molecule has 6 nitrogen and oxygen atoms in total. The Kier molecular flexibility index (Phi) is 34.9. The highest BCUT2D eigenvalue weighted by Crippen LogP contribution is 2.17. The number of hydrogen-bond donors (Lipinski definition) is 0. The lowest BCUT2D eigenvalue weighted by Crippen LogP contribution is -2.50. The molecule has 0 aromatic heterocycles. The maximum absolute atomic E-state index is 9.41. The summed E-state index contributed by atoms with van der Waals surface area (Å²) in [6.07, 6.45) is 22.9. The fraction of sp³-hybridized carbons (Fsp3) is 0.889. The highest BCUT2D eigenvalue weighted by Gasteiger charge is 2.25. The zero-order valence-electron chi connectivity index (χ0n) is 29.7. The summed E-state index contributed by atoms with van der Waals surface area (Å²) in [6, 6.07) is 0. The van der Waals surface area contributed by atoms with Crippen LogP contribution in [-0.2, 0) is 9.59 Å². The van der Waals surface area contributed by atoms with Crippen molar-refractivity contribution in [1.82, 2.24) is 0 Å². The summed E-state index contributed by atoms with van der Waals surface area (Å²) < 4.78 is 2.84. The van der Waals surface area contributed by atoms with E-state index < -0.39 is 11.9 Å². The van der Waals surface area contributed by atoms with Gasteiger partial charge >= 0.3 is 0 Å². The van der Waals surface area contributed by atoms with E-state index in [1.54, 1.807) is 0 Å². The highest BCUT2D eigenvalue weighted by molar-refractivity contribution is 5.87. The summed E-state index contributed by atoms with van der Waals surface area (Å²) in [5, 5.41) is 18.8. The van der Waals surface area contributed by atoms with Crippen molar-refractivity contribution in [2.45, 2.75) is 158 Å². The number of carboxylic acids is 2. The van der Waals surface area contributed by atoms with Crippen molar-refractivity contribution >= 4 is 11.9 Å². The van der Waals surface area contributed by atoms with Gasteiger partial charge in [-0.15, -0.1) is 0 Å². The van der Waals surface area contributed by atoms with Gasteiger partial charge in [0, 0.05) is 0 Å². The molecule has 0 aliphatic carbocycles. The minimum Gasteiger partial charge on any atom is -0.545 e. The van der Waals surface area contributed by atoms with Crippen molar-refractivity contribution in [3.05, 3.63) is 12.2 Å². The van der Waals surface area contributed by atoms with Gasteiger partial charge in [-0.05, 0) is 63.5 Å². The third kappa shape index (κ3) is 28.7. The number of unbranched alkanes of at least 4 members (excludes halogenated alkanes) is 8. The monoisotopic (exact) mass is 599 g/mol. The average molecular weight is 599 g/mol. The lowest BCUT2D eigenvalue weighted by molar-refractivity contribution is -0.929. The molecule has 0 aliphatic rings. The van der Waals surface area contributed by atoms with Crippen LogP contribution in [-0.4, -0.2) is 73.3 Å². The van der Waals surface area contributed by atoms with Crippen molar-refractivity contribution < 1.29 is 28.8 Å². The molecule has 0 fully saturated rings. The Morgan fingerprint density at radius 3 is 0.619 bits per heavy atom. The van der Waals surface area contributed by atoms with Crippen LogP contribution in [0, 0.1) is 0 Å². The number of rotatable bonds is 26. The van der Waals surface area contributed by atoms with Crippen LogP contribution in [0.3, 0.4) is 0 Å².